The zero-order valence-corrected chi connectivity index (χ0v) is 8.62. The summed E-state index contributed by atoms with van der Waals surface area (Å²) in [5.74, 6) is 1.15. The van der Waals surface area contributed by atoms with E-state index < -0.39 is 0 Å². The van der Waals surface area contributed by atoms with Gasteiger partial charge in [-0.15, -0.1) is 5.10 Å². The van der Waals surface area contributed by atoms with E-state index in [1.807, 2.05) is 0 Å². The lowest BCUT2D eigenvalue weighted by molar-refractivity contribution is 0.181. The molecule has 0 spiro atoms. The van der Waals surface area contributed by atoms with Crippen molar-refractivity contribution in [3.05, 3.63) is 22.7 Å². The molecular formula is C8H9ClN4O. The van der Waals surface area contributed by atoms with E-state index >= 15 is 0 Å². The SMILES string of the molecule is COCc1cc(Cl)n2nc(C)nc2n1. The van der Waals surface area contributed by atoms with Gasteiger partial charge in [0.1, 0.15) is 11.0 Å². The molecule has 0 aliphatic heterocycles. The lowest BCUT2D eigenvalue weighted by Crippen LogP contribution is -1.98. The molecule has 0 atom stereocenters. The van der Waals surface area contributed by atoms with Crippen LogP contribution in [-0.4, -0.2) is 26.7 Å². The molecule has 0 saturated heterocycles. The van der Waals surface area contributed by atoms with Gasteiger partial charge in [-0.1, -0.05) is 11.6 Å². The maximum absolute atomic E-state index is 5.98. The number of aromatic nitrogens is 4. The summed E-state index contributed by atoms with van der Waals surface area (Å²) in [6.07, 6.45) is 0. The van der Waals surface area contributed by atoms with Gasteiger partial charge >= 0.3 is 0 Å². The normalized spacial score (nSPS) is 11.1. The van der Waals surface area contributed by atoms with Gasteiger partial charge in [0.25, 0.3) is 5.78 Å². The fourth-order valence-corrected chi connectivity index (χ4v) is 1.44. The number of ether oxygens (including phenoxy) is 1. The van der Waals surface area contributed by atoms with Crippen molar-refractivity contribution >= 4 is 17.4 Å². The number of hydrogen-bond acceptors (Lipinski definition) is 4. The van der Waals surface area contributed by atoms with Crippen molar-refractivity contribution in [1.29, 1.82) is 0 Å². The molecule has 0 aromatic carbocycles. The minimum absolute atomic E-state index is 0.419. The molecule has 2 aromatic rings. The van der Waals surface area contributed by atoms with E-state index in [1.165, 1.54) is 4.52 Å². The maximum atomic E-state index is 5.98. The van der Waals surface area contributed by atoms with Crippen molar-refractivity contribution in [3.63, 3.8) is 0 Å². The molecule has 0 fully saturated rings. The van der Waals surface area contributed by atoms with Gasteiger partial charge in [-0.3, -0.25) is 0 Å². The largest absolute Gasteiger partial charge is 0.378 e. The molecule has 14 heavy (non-hydrogen) atoms. The van der Waals surface area contributed by atoms with E-state index in [-0.39, 0.29) is 0 Å². The number of fused-ring (bicyclic) bond motifs is 1. The Morgan fingerprint density at radius 3 is 3.00 bits per heavy atom. The van der Waals surface area contributed by atoms with E-state index in [0.29, 0.717) is 23.4 Å². The second-order valence-electron chi connectivity index (χ2n) is 2.87. The quantitative estimate of drug-likeness (QED) is 0.703. The average Bonchev–Trinajstić information content (AvgIpc) is 2.47. The number of rotatable bonds is 2. The Morgan fingerprint density at radius 2 is 2.29 bits per heavy atom. The molecular weight excluding hydrogens is 204 g/mol. The van der Waals surface area contributed by atoms with E-state index in [9.17, 15) is 0 Å². The van der Waals surface area contributed by atoms with Crippen molar-refractivity contribution in [3.8, 4) is 0 Å². The summed E-state index contributed by atoms with van der Waals surface area (Å²) in [7, 11) is 1.61. The number of methoxy groups -OCH3 is 1. The first-order valence-electron chi connectivity index (χ1n) is 4.08. The van der Waals surface area contributed by atoms with Crippen LogP contribution in [-0.2, 0) is 11.3 Å². The smallest absolute Gasteiger partial charge is 0.254 e. The third-order valence-corrected chi connectivity index (χ3v) is 1.99. The van der Waals surface area contributed by atoms with E-state index in [4.69, 9.17) is 16.3 Å². The fourth-order valence-electron chi connectivity index (χ4n) is 1.20. The van der Waals surface area contributed by atoms with Crippen LogP contribution in [0.2, 0.25) is 5.15 Å². The van der Waals surface area contributed by atoms with Crippen LogP contribution in [0.15, 0.2) is 6.07 Å². The molecule has 0 aliphatic carbocycles. The predicted molar refractivity (Wildman–Crippen MR) is 51.2 cm³/mol. The van der Waals surface area contributed by atoms with Crippen molar-refractivity contribution in [2.45, 2.75) is 13.5 Å². The third-order valence-electron chi connectivity index (χ3n) is 1.72. The Kier molecular flexibility index (Phi) is 2.35. The Balaban J connectivity index is 2.59. The van der Waals surface area contributed by atoms with Crippen LogP contribution in [0, 0.1) is 6.92 Å². The summed E-state index contributed by atoms with van der Waals surface area (Å²) in [5.41, 5.74) is 0.748. The highest BCUT2D eigenvalue weighted by Crippen LogP contribution is 2.12. The average molecular weight is 213 g/mol. The molecule has 2 heterocycles. The van der Waals surface area contributed by atoms with Crippen LogP contribution in [0.1, 0.15) is 11.5 Å². The number of hydrogen-bond donors (Lipinski definition) is 0. The van der Waals surface area contributed by atoms with Gasteiger partial charge in [0, 0.05) is 7.11 Å². The van der Waals surface area contributed by atoms with Crippen molar-refractivity contribution in [2.24, 2.45) is 0 Å². The van der Waals surface area contributed by atoms with Gasteiger partial charge in [0.2, 0.25) is 0 Å². The number of aryl methyl sites for hydroxylation is 1. The lowest BCUT2D eigenvalue weighted by atomic mass is 10.4. The van der Waals surface area contributed by atoms with Gasteiger partial charge in [-0.2, -0.15) is 9.50 Å². The first-order chi connectivity index (χ1) is 6.70. The fraction of sp³-hybridized carbons (Fsp3) is 0.375. The second-order valence-corrected chi connectivity index (χ2v) is 3.26. The van der Waals surface area contributed by atoms with Crippen LogP contribution in [0.4, 0.5) is 0 Å². The summed E-state index contributed by atoms with van der Waals surface area (Å²) >= 11 is 5.98. The molecule has 6 heteroatoms. The third kappa shape index (κ3) is 1.56. The van der Waals surface area contributed by atoms with Crippen LogP contribution in [0.3, 0.4) is 0 Å². The Morgan fingerprint density at radius 1 is 1.50 bits per heavy atom. The lowest BCUT2D eigenvalue weighted by Gasteiger charge is -2.00. The standard InChI is InChI=1S/C8H9ClN4O/c1-5-10-8-11-6(4-14-2)3-7(9)13(8)12-5/h3H,4H2,1-2H3. The predicted octanol–water partition coefficient (Wildman–Crippen LogP) is 1.23. The zero-order valence-electron chi connectivity index (χ0n) is 7.86. The summed E-state index contributed by atoms with van der Waals surface area (Å²) in [5, 5.41) is 4.57. The van der Waals surface area contributed by atoms with Crippen molar-refractivity contribution < 1.29 is 4.74 Å². The van der Waals surface area contributed by atoms with Gasteiger partial charge in [0.15, 0.2) is 0 Å². The van der Waals surface area contributed by atoms with Crippen LogP contribution in [0.25, 0.3) is 5.78 Å². The van der Waals surface area contributed by atoms with Gasteiger partial charge in [-0.25, -0.2) is 4.98 Å². The molecule has 2 aromatic heterocycles. The summed E-state index contributed by atoms with van der Waals surface area (Å²) < 4.78 is 6.46. The molecule has 2 rings (SSSR count). The molecule has 74 valence electrons. The topological polar surface area (TPSA) is 52.3 Å². The first-order valence-corrected chi connectivity index (χ1v) is 4.46. The van der Waals surface area contributed by atoms with Crippen LogP contribution >= 0.6 is 11.6 Å². The molecule has 0 saturated carbocycles. The summed E-state index contributed by atoms with van der Waals surface area (Å²) in [6, 6.07) is 1.71. The molecule has 0 radical (unpaired) electrons. The molecule has 5 nitrogen and oxygen atoms in total. The minimum Gasteiger partial charge on any atom is -0.378 e. The van der Waals surface area contributed by atoms with Crippen molar-refractivity contribution in [2.75, 3.05) is 7.11 Å². The molecule has 0 bridgehead atoms. The first kappa shape index (κ1) is 9.36. The Hall–Kier alpha value is -1.20. The summed E-state index contributed by atoms with van der Waals surface area (Å²) in [6.45, 7) is 2.21. The van der Waals surface area contributed by atoms with Gasteiger partial charge in [-0.05, 0) is 13.0 Å². The molecule has 0 amide bonds. The minimum atomic E-state index is 0.419. The Labute approximate surface area is 85.7 Å². The van der Waals surface area contributed by atoms with E-state index in [1.54, 1.807) is 20.1 Å². The van der Waals surface area contributed by atoms with E-state index in [0.717, 1.165) is 5.69 Å². The zero-order chi connectivity index (χ0) is 10.1. The van der Waals surface area contributed by atoms with Crippen molar-refractivity contribution in [1.82, 2.24) is 19.6 Å². The highest BCUT2D eigenvalue weighted by Gasteiger charge is 2.06. The Bertz CT molecular complexity index is 468. The molecule has 0 aliphatic rings. The number of nitrogens with zero attached hydrogens (tertiary/aromatic N) is 4. The van der Waals surface area contributed by atoms with Crippen LogP contribution < -0.4 is 0 Å². The van der Waals surface area contributed by atoms with Gasteiger partial charge in [0.05, 0.1) is 12.3 Å². The molecule has 0 unspecified atom stereocenters. The monoisotopic (exact) mass is 212 g/mol. The molecule has 0 N–H and O–H groups in total. The van der Waals surface area contributed by atoms with Gasteiger partial charge < -0.3 is 4.74 Å². The summed E-state index contributed by atoms with van der Waals surface area (Å²) in [4.78, 5) is 8.34. The second kappa shape index (κ2) is 3.51. The number of halogens is 1. The maximum Gasteiger partial charge on any atom is 0.254 e. The highest BCUT2D eigenvalue weighted by molar-refractivity contribution is 6.29. The van der Waals surface area contributed by atoms with E-state index in [2.05, 4.69) is 15.1 Å². The highest BCUT2D eigenvalue weighted by atomic mass is 35.5. The van der Waals surface area contributed by atoms with Crippen LogP contribution in [0.5, 0.6) is 0 Å².